The number of esters is 3. The van der Waals surface area contributed by atoms with Crippen molar-refractivity contribution in [3.63, 3.8) is 0 Å². The Labute approximate surface area is 119 Å². The van der Waals surface area contributed by atoms with E-state index in [1.807, 2.05) is 0 Å². The van der Waals surface area contributed by atoms with E-state index in [9.17, 15) is 27.6 Å². The molecule has 0 heterocycles. The molecule has 0 fully saturated rings. The third kappa shape index (κ3) is 8.16. The van der Waals surface area contributed by atoms with Gasteiger partial charge in [-0.05, 0) is 13.3 Å². The number of alkyl halides is 3. The van der Waals surface area contributed by atoms with Gasteiger partial charge >= 0.3 is 24.1 Å². The van der Waals surface area contributed by atoms with E-state index in [0.29, 0.717) is 13.3 Å². The fraction of sp³-hybridized carbons (Fsp3) is 0.750. The maximum atomic E-state index is 12.1. The second kappa shape index (κ2) is 8.48. The van der Waals surface area contributed by atoms with E-state index in [0.717, 1.165) is 0 Å². The molecule has 21 heavy (non-hydrogen) atoms. The smallest absolute Gasteiger partial charge is 0.425 e. The van der Waals surface area contributed by atoms with Crippen LogP contribution in [0.15, 0.2) is 0 Å². The van der Waals surface area contributed by atoms with Gasteiger partial charge in [-0.3, -0.25) is 14.4 Å². The molecule has 2 atom stereocenters. The third-order valence-electron chi connectivity index (χ3n) is 2.49. The van der Waals surface area contributed by atoms with Crippen molar-refractivity contribution in [2.75, 3.05) is 6.79 Å². The summed E-state index contributed by atoms with van der Waals surface area (Å²) in [7, 11) is 0. The average molecular weight is 314 g/mol. The molecule has 0 rings (SSSR count). The van der Waals surface area contributed by atoms with Crippen LogP contribution in [-0.4, -0.2) is 37.0 Å². The second-order valence-corrected chi connectivity index (χ2v) is 4.26. The van der Waals surface area contributed by atoms with Crippen molar-refractivity contribution in [2.45, 2.75) is 45.9 Å². The van der Waals surface area contributed by atoms with Crippen LogP contribution in [0.3, 0.4) is 0 Å². The molecule has 0 saturated carbocycles. The van der Waals surface area contributed by atoms with Gasteiger partial charge < -0.3 is 14.2 Å². The SMILES string of the molecule is CCC(C)C(=O)OCOC(=O)CC(=O)OC(C)C(F)(F)F. The second-order valence-electron chi connectivity index (χ2n) is 4.26. The highest BCUT2D eigenvalue weighted by molar-refractivity contribution is 5.91. The molecular weight excluding hydrogens is 297 g/mol. The van der Waals surface area contributed by atoms with Crippen LogP contribution in [0.1, 0.15) is 33.6 Å². The minimum Gasteiger partial charge on any atom is -0.453 e. The lowest BCUT2D eigenvalue weighted by Gasteiger charge is -2.16. The molecule has 9 heteroatoms. The quantitative estimate of drug-likeness (QED) is 0.406. The Morgan fingerprint density at radius 1 is 1.05 bits per heavy atom. The summed E-state index contributed by atoms with van der Waals surface area (Å²) < 4.78 is 49.2. The standard InChI is InChI=1S/C12H17F3O6/c1-4-7(2)11(18)20-6-19-9(16)5-10(17)21-8(3)12(13,14)15/h7-8H,4-6H2,1-3H3. The summed E-state index contributed by atoms with van der Waals surface area (Å²) in [4.78, 5) is 33.3. The Morgan fingerprint density at radius 3 is 2.10 bits per heavy atom. The van der Waals surface area contributed by atoms with Gasteiger partial charge in [0.2, 0.25) is 6.79 Å². The lowest BCUT2D eigenvalue weighted by Crippen LogP contribution is -2.31. The molecule has 0 bridgehead atoms. The highest BCUT2D eigenvalue weighted by Crippen LogP contribution is 2.22. The molecule has 2 unspecified atom stereocenters. The topological polar surface area (TPSA) is 78.9 Å². The maximum Gasteiger partial charge on any atom is 0.425 e. The zero-order valence-corrected chi connectivity index (χ0v) is 11.9. The summed E-state index contributed by atoms with van der Waals surface area (Å²) in [6.45, 7) is 3.30. The molecule has 0 aliphatic rings. The number of hydrogen-bond donors (Lipinski definition) is 0. The van der Waals surface area contributed by atoms with Gasteiger partial charge in [0.15, 0.2) is 6.10 Å². The van der Waals surface area contributed by atoms with Crippen molar-refractivity contribution in [3.8, 4) is 0 Å². The maximum absolute atomic E-state index is 12.1. The fourth-order valence-electron chi connectivity index (χ4n) is 0.937. The van der Waals surface area contributed by atoms with Crippen LogP contribution in [0.5, 0.6) is 0 Å². The zero-order valence-electron chi connectivity index (χ0n) is 11.9. The Morgan fingerprint density at radius 2 is 1.62 bits per heavy atom. The highest BCUT2D eigenvalue weighted by Gasteiger charge is 2.39. The Balaban J connectivity index is 4.00. The first-order valence-electron chi connectivity index (χ1n) is 6.16. The molecule has 0 saturated heterocycles. The number of halogens is 3. The molecule has 122 valence electrons. The molecule has 0 aliphatic heterocycles. The molecule has 0 radical (unpaired) electrons. The van der Waals surface area contributed by atoms with Gasteiger partial charge in [0.05, 0.1) is 5.92 Å². The summed E-state index contributed by atoms with van der Waals surface area (Å²) in [6.07, 6.45) is -7.48. The van der Waals surface area contributed by atoms with Crippen LogP contribution in [0.4, 0.5) is 13.2 Å². The summed E-state index contributed by atoms with van der Waals surface area (Å²) >= 11 is 0. The first-order chi connectivity index (χ1) is 9.57. The summed E-state index contributed by atoms with van der Waals surface area (Å²) in [5, 5.41) is 0. The van der Waals surface area contributed by atoms with Crippen LogP contribution in [-0.2, 0) is 28.6 Å². The molecular formula is C12H17F3O6. The number of rotatable bonds is 7. The lowest BCUT2D eigenvalue weighted by molar-refractivity contribution is -0.217. The van der Waals surface area contributed by atoms with Crippen LogP contribution in [0, 0.1) is 5.92 Å². The highest BCUT2D eigenvalue weighted by atomic mass is 19.4. The van der Waals surface area contributed by atoms with Gasteiger partial charge in [-0.1, -0.05) is 13.8 Å². The monoisotopic (exact) mass is 314 g/mol. The van der Waals surface area contributed by atoms with Crippen LogP contribution >= 0.6 is 0 Å². The van der Waals surface area contributed by atoms with Gasteiger partial charge in [-0.15, -0.1) is 0 Å². The van der Waals surface area contributed by atoms with Gasteiger partial charge in [0.25, 0.3) is 0 Å². The predicted octanol–water partition coefficient (Wildman–Crippen LogP) is 1.96. The van der Waals surface area contributed by atoms with E-state index in [-0.39, 0.29) is 5.92 Å². The average Bonchev–Trinajstić information content (AvgIpc) is 2.35. The van der Waals surface area contributed by atoms with Crippen molar-refractivity contribution in [2.24, 2.45) is 5.92 Å². The first kappa shape index (κ1) is 19.2. The molecule has 0 aromatic heterocycles. The molecule has 0 spiro atoms. The van der Waals surface area contributed by atoms with E-state index in [2.05, 4.69) is 14.2 Å². The number of carbonyl (C=O) groups is 3. The van der Waals surface area contributed by atoms with E-state index in [1.165, 1.54) is 0 Å². The summed E-state index contributed by atoms with van der Waals surface area (Å²) in [5.74, 6) is -3.48. The van der Waals surface area contributed by atoms with Crippen LogP contribution in [0.2, 0.25) is 0 Å². The van der Waals surface area contributed by atoms with Gasteiger partial charge in [-0.2, -0.15) is 13.2 Å². The third-order valence-corrected chi connectivity index (χ3v) is 2.49. The van der Waals surface area contributed by atoms with Gasteiger partial charge in [-0.25, -0.2) is 0 Å². The zero-order chi connectivity index (χ0) is 16.6. The molecule has 0 amide bonds. The Bertz CT molecular complexity index is 380. The number of carbonyl (C=O) groups excluding carboxylic acids is 3. The predicted molar refractivity (Wildman–Crippen MR) is 62.7 cm³/mol. The van der Waals surface area contributed by atoms with Gasteiger partial charge in [0, 0.05) is 0 Å². The fourth-order valence-corrected chi connectivity index (χ4v) is 0.937. The van der Waals surface area contributed by atoms with Crippen molar-refractivity contribution in [3.05, 3.63) is 0 Å². The lowest BCUT2D eigenvalue weighted by atomic mass is 10.1. The van der Waals surface area contributed by atoms with Crippen molar-refractivity contribution >= 4 is 17.9 Å². The normalized spacial score (nSPS) is 14.0. The molecule has 0 aromatic carbocycles. The largest absolute Gasteiger partial charge is 0.453 e. The summed E-state index contributed by atoms with van der Waals surface area (Å²) in [5.41, 5.74) is 0. The van der Waals surface area contributed by atoms with Crippen molar-refractivity contribution in [1.29, 1.82) is 0 Å². The van der Waals surface area contributed by atoms with Crippen LogP contribution in [0.25, 0.3) is 0 Å². The molecule has 0 aromatic rings. The first-order valence-corrected chi connectivity index (χ1v) is 6.16. The molecule has 6 nitrogen and oxygen atoms in total. The van der Waals surface area contributed by atoms with E-state index in [4.69, 9.17) is 0 Å². The van der Waals surface area contributed by atoms with E-state index in [1.54, 1.807) is 13.8 Å². The number of ether oxygens (including phenoxy) is 3. The molecule has 0 N–H and O–H groups in total. The van der Waals surface area contributed by atoms with Gasteiger partial charge in [0.1, 0.15) is 6.42 Å². The van der Waals surface area contributed by atoms with Crippen molar-refractivity contribution < 1.29 is 41.8 Å². The van der Waals surface area contributed by atoms with E-state index >= 15 is 0 Å². The minimum absolute atomic E-state index is 0.374. The summed E-state index contributed by atoms with van der Waals surface area (Å²) in [6, 6.07) is 0. The van der Waals surface area contributed by atoms with Crippen LogP contribution < -0.4 is 0 Å². The van der Waals surface area contributed by atoms with Crippen molar-refractivity contribution in [1.82, 2.24) is 0 Å². The Kier molecular flexibility index (Phi) is 7.75. The molecule has 0 aliphatic carbocycles. The minimum atomic E-state index is -4.70. The Hall–Kier alpha value is -1.80. The van der Waals surface area contributed by atoms with E-state index < -0.39 is 43.4 Å². The number of hydrogen-bond acceptors (Lipinski definition) is 6.